The first kappa shape index (κ1) is 14.5. The molecule has 0 spiro atoms. The molecule has 1 aromatic rings. The van der Waals surface area contributed by atoms with E-state index in [0.717, 1.165) is 0 Å². The number of nitrogens with one attached hydrogen (secondary N) is 3. The number of amides is 1. The van der Waals surface area contributed by atoms with Crippen molar-refractivity contribution in [3.05, 3.63) is 23.8 Å². The second-order valence-corrected chi connectivity index (χ2v) is 6.23. The van der Waals surface area contributed by atoms with Crippen LogP contribution in [0.3, 0.4) is 0 Å². The van der Waals surface area contributed by atoms with Crippen LogP contribution >= 0.6 is 0 Å². The van der Waals surface area contributed by atoms with E-state index >= 15 is 0 Å². The normalized spacial score (nSPS) is 32.1. The van der Waals surface area contributed by atoms with Crippen molar-refractivity contribution in [2.24, 2.45) is 11.8 Å². The molecule has 0 saturated carbocycles. The van der Waals surface area contributed by atoms with Crippen molar-refractivity contribution in [1.82, 2.24) is 16.2 Å². The van der Waals surface area contributed by atoms with Crippen LogP contribution in [0.4, 0.5) is 0 Å². The van der Waals surface area contributed by atoms with Crippen LogP contribution < -0.4 is 25.6 Å². The summed E-state index contributed by atoms with van der Waals surface area (Å²) < 4.78 is 11.0. The van der Waals surface area contributed by atoms with Crippen molar-refractivity contribution in [1.29, 1.82) is 0 Å². The van der Waals surface area contributed by atoms with Crippen molar-refractivity contribution in [2.45, 2.75) is 25.6 Å². The highest BCUT2D eigenvalue weighted by atomic mass is 16.6. The quantitative estimate of drug-likeness (QED) is 0.676. The number of rotatable bonds is 2. The van der Waals surface area contributed by atoms with Gasteiger partial charge >= 0.3 is 0 Å². The van der Waals surface area contributed by atoms with E-state index in [0.29, 0.717) is 30.3 Å². The fourth-order valence-corrected chi connectivity index (χ4v) is 3.66. The molecule has 3 N–H and O–H groups in total. The number of carbonyl (C=O) groups is 2. The number of ether oxygens (including phenoxy) is 2. The zero-order valence-electron chi connectivity index (χ0n) is 12.8. The predicted octanol–water partition coefficient (Wildman–Crippen LogP) is 0.215. The average molecular weight is 317 g/mol. The van der Waals surface area contributed by atoms with Crippen molar-refractivity contribution in [3.8, 4) is 11.5 Å². The largest absolute Gasteiger partial charge is 0.486 e. The molecule has 2 fully saturated rings. The maximum absolute atomic E-state index is 13.0. The molecule has 3 aliphatic rings. The Hall–Kier alpha value is -2.12. The molecule has 0 radical (unpaired) electrons. The molecule has 3 aliphatic heterocycles. The fourth-order valence-electron chi connectivity index (χ4n) is 3.66. The molecule has 4 unspecified atom stereocenters. The first-order chi connectivity index (χ1) is 11.1. The number of piperidine rings is 1. The molecular formula is C16H19N3O4. The second kappa shape index (κ2) is 5.50. The van der Waals surface area contributed by atoms with E-state index in [2.05, 4.69) is 16.2 Å². The van der Waals surface area contributed by atoms with Crippen molar-refractivity contribution in [3.63, 3.8) is 0 Å². The van der Waals surface area contributed by atoms with Crippen LogP contribution in [-0.4, -0.2) is 37.1 Å². The van der Waals surface area contributed by atoms with Gasteiger partial charge in [0.15, 0.2) is 17.3 Å². The number of carbonyl (C=O) groups excluding carboxylic acids is 2. The minimum absolute atomic E-state index is 0.0217. The van der Waals surface area contributed by atoms with Crippen molar-refractivity contribution >= 4 is 11.7 Å². The SMILES string of the molecule is CC1NNC2NC(=O)CC(C(=O)c3ccc4c(c3)OCCO4)C12. The van der Waals surface area contributed by atoms with Crippen LogP contribution in [0.25, 0.3) is 0 Å². The summed E-state index contributed by atoms with van der Waals surface area (Å²) in [4.78, 5) is 24.9. The third kappa shape index (κ3) is 2.46. The summed E-state index contributed by atoms with van der Waals surface area (Å²) in [6.45, 7) is 3.01. The number of hydrogen-bond acceptors (Lipinski definition) is 6. The average Bonchev–Trinajstić information content (AvgIpc) is 2.94. The van der Waals surface area contributed by atoms with Crippen LogP contribution in [0.1, 0.15) is 23.7 Å². The van der Waals surface area contributed by atoms with E-state index in [1.54, 1.807) is 18.2 Å². The number of Topliss-reactive ketones (excluding diaryl/α,β-unsaturated/α-hetero) is 1. The number of hydrazine groups is 1. The third-order valence-corrected chi connectivity index (χ3v) is 4.78. The highest BCUT2D eigenvalue weighted by molar-refractivity contribution is 6.01. The van der Waals surface area contributed by atoms with Gasteiger partial charge in [-0.15, -0.1) is 0 Å². The standard InChI is InChI=1S/C16H19N3O4/c1-8-14-10(7-13(20)17-16(14)19-18-8)15(21)9-2-3-11-12(6-9)23-5-4-22-11/h2-3,6,8,10,14,16,18-19H,4-5,7H2,1H3,(H,17,20). The lowest BCUT2D eigenvalue weighted by Crippen LogP contribution is -2.54. The van der Waals surface area contributed by atoms with Gasteiger partial charge in [-0.1, -0.05) is 0 Å². The van der Waals surface area contributed by atoms with Crippen LogP contribution in [0, 0.1) is 11.8 Å². The molecule has 0 bridgehead atoms. The second-order valence-electron chi connectivity index (χ2n) is 6.23. The predicted molar refractivity (Wildman–Crippen MR) is 81.0 cm³/mol. The van der Waals surface area contributed by atoms with Gasteiger partial charge in [0.25, 0.3) is 0 Å². The van der Waals surface area contributed by atoms with Gasteiger partial charge < -0.3 is 14.8 Å². The Morgan fingerprint density at radius 3 is 2.78 bits per heavy atom. The molecule has 2 saturated heterocycles. The molecule has 7 heteroatoms. The highest BCUT2D eigenvalue weighted by Crippen LogP contribution is 2.35. The van der Waals surface area contributed by atoms with E-state index in [-0.39, 0.29) is 42.2 Å². The zero-order valence-corrected chi connectivity index (χ0v) is 12.8. The zero-order chi connectivity index (χ0) is 16.0. The molecule has 4 rings (SSSR count). The Morgan fingerprint density at radius 2 is 1.96 bits per heavy atom. The Morgan fingerprint density at radius 1 is 1.17 bits per heavy atom. The molecule has 122 valence electrons. The molecule has 4 atom stereocenters. The number of hydrogen-bond donors (Lipinski definition) is 3. The summed E-state index contributed by atoms with van der Waals surface area (Å²) in [5.41, 5.74) is 6.71. The topological polar surface area (TPSA) is 88.7 Å². The minimum Gasteiger partial charge on any atom is -0.486 e. The Labute approximate surface area is 133 Å². The van der Waals surface area contributed by atoms with E-state index in [4.69, 9.17) is 9.47 Å². The van der Waals surface area contributed by atoms with Gasteiger partial charge in [-0.05, 0) is 25.1 Å². The first-order valence-corrected chi connectivity index (χ1v) is 7.88. The molecule has 3 heterocycles. The molecular weight excluding hydrogens is 298 g/mol. The summed E-state index contributed by atoms with van der Waals surface area (Å²) in [7, 11) is 0. The van der Waals surface area contributed by atoms with Gasteiger partial charge in [-0.2, -0.15) is 0 Å². The number of ketones is 1. The number of fused-ring (bicyclic) bond motifs is 2. The van der Waals surface area contributed by atoms with E-state index in [1.165, 1.54) is 0 Å². The van der Waals surface area contributed by atoms with Gasteiger partial charge in [-0.25, -0.2) is 5.43 Å². The summed E-state index contributed by atoms with van der Waals surface area (Å²) in [6, 6.07) is 5.33. The van der Waals surface area contributed by atoms with E-state index in [1.807, 2.05) is 6.92 Å². The van der Waals surface area contributed by atoms with Gasteiger partial charge in [0.1, 0.15) is 13.2 Å². The summed E-state index contributed by atoms with van der Waals surface area (Å²) >= 11 is 0. The fraction of sp³-hybridized carbons (Fsp3) is 0.500. The monoisotopic (exact) mass is 317 g/mol. The van der Waals surface area contributed by atoms with E-state index in [9.17, 15) is 9.59 Å². The summed E-state index contributed by atoms with van der Waals surface area (Å²) in [5.74, 6) is 0.788. The Bertz CT molecular complexity index is 663. The molecule has 1 aromatic carbocycles. The third-order valence-electron chi connectivity index (χ3n) is 4.78. The maximum Gasteiger partial charge on any atom is 0.222 e. The Balaban J connectivity index is 1.63. The molecule has 0 aromatic heterocycles. The Kier molecular flexibility index (Phi) is 3.46. The lowest BCUT2D eigenvalue weighted by Gasteiger charge is -2.34. The van der Waals surface area contributed by atoms with Crippen LogP contribution in [0.15, 0.2) is 18.2 Å². The summed E-state index contributed by atoms with van der Waals surface area (Å²) in [5, 5.41) is 2.89. The van der Waals surface area contributed by atoms with Crippen LogP contribution in [0.5, 0.6) is 11.5 Å². The van der Waals surface area contributed by atoms with Gasteiger partial charge in [0.2, 0.25) is 5.91 Å². The lowest BCUT2D eigenvalue weighted by molar-refractivity contribution is -0.125. The van der Waals surface area contributed by atoms with Crippen molar-refractivity contribution in [2.75, 3.05) is 13.2 Å². The van der Waals surface area contributed by atoms with Crippen LogP contribution in [-0.2, 0) is 4.79 Å². The van der Waals surface area contributed by atoms with Gasteiger partial charge in [0, 0.05) is 29.9 Å². The molecule has 7 nitrogen and oxygen atoms in total. The molecule has 0 aliphatic carbocycles. The lowest BCUT2D eigenvalue weighted by atomic mass is 9.76. The van der Waals surface area contributed by atoms with Crippen molar-refractivity contribution < 1.29 is 19.1 Å². The van der Waals surface area contributed by atoms with Crippen LogP contribution in [0.2, 0.25) is 0 Å². The highest BCUT2D eigenvalue weighted by Gasteiger charge is 2.46. The molecule has 1 amide bonds. The molecule has 23 heavy (non-hydrogen) atoms. The van der Waals surface area contributed by atoms with Gasteiger partial charge in [0.05, 0.1) is 6.17 Å². The van der Waals surface area contributed by atoms with Gasteiger partial charge in [-0.3, -0.25) is 15.0 Å². The minimum atomic E-state index is -0.353. The van der Waals surface area contributed by atoms with E-state index < -0.39 is 0 Å². The smallest absolute Gasteiger partial charge is 0.222 e. The first-order valence-electron chi connectivity index (χ1n) is 7.88. The maximum atomic E-state index is 13.0. The summed E-state index contributed by atoms with van der Waals surface area (Å²) in [6.07, 6.45) is -0.000273. The number of benzene rings is 1.